The predicted molar refractivity (Wildman–Crippen MR) is 129 cm³/mol. The van der Waals surface area contributed by atoms with Crippen LogP contribution in [0.25, 0.3) is 10.9 Å². The van der Waals surface area contributed by atoms with Crippen LogP contribution in [0.5, 0.6) is 5.75 Å². The fraction of sp³-hybridized carbons (Fsp3) is 0.385. The fourth-order valence-corrected chi connectivity index (χ4v) is 4.34. The quantitative estimate of drug-likeness (QED) is 0.418. The van der Waals surface area contributed by atoms with Crippen molar-refractivity contribution in [2.45, 2.75) is 47.1 Å². The van der Waals surface area contributed by atoms with Gasteiger partial charge in [-0.1, -0.05) is 43.6 Å². The molecule has 0 aliphatic heterocycles. The zero-order valence-electron chi connectivity index (χ0n) is 19.6. The van der Waals surface area contributed by atoms with E-state index in [1.54, 1.807) is 26.0 Å². The maximum atomic E-state index is 13.2. The van der Waals surface area contributed by atoms with Crippen molar-refractivity contribution < 1.29 is 24.2 Å². The van der Waals surface area contributed by atoms with E-state index in [1.165, 1.54) is 6.07 Å². The Labute approximate surface area is 199 Å². The molecule has 1 N–H and O–H groups in total. The molecule has 0 bridgehead atoms. The van der Waals surface area contributed by atoms with Crippen LogP contribution in [0.4, 0.5) is 0 Å². The fourth-order valence-electron chi connectivity index (χ4n) is 4.22. The van der Waals surface area contributed by atoms with Gasteiger partial charge in [0.15, 0.2) is 0 Å². The number of carbonyl (C=O) groups excluding carboxylic acids is 2. The molecule has 0 fully saturated rings. The highest BCUT2D eigenvalue weighted by Gasteiger charge is 2.31. The Morgan fingerprint density at radius 2 is 1.79 bits per heavy atom. The van der Waals surface area contributed by atoms with Crippen LogP contribution < -0.4 is 0 Å². The minimum Gasteiger partial charge on any atom is -0.506 e. The van der Waals surface area contributed by atoms with Crippen molar-refractivity contribution in [2.24, 2.45) is 5.92 Å². The maximum Gasteiger partial charge on any atom is 0.340 e. The number of halogens is 1. The van der Waals surface area contributed by atoms with Gasteiger partial charge in [0.2, 0.25) is 0 Å². The molecule has 176 valence electrons. The summed E-state index contributed by atoms with van der Waals surface area (Å²) in [6.07, 6.45) is 0. The largest absolute Gasteiger partial charge is 0.506 e. The number of benzene rings is 2. The summed E-state index contributed by atoms with van der Waals surface area (Å²) in [6.45, 7) is 10.8. The van der Waals surface area contributed by atoms with Crippen LogP contribution in [0.2, 0.25) is 5.02 Å². The first-order chi connectivity index (χ1) is 15.7. The van der Waals surface area contributed by atoms with Crippen LogP contribution in [0.1, 0.15) is 60.8 Å². The van der Waals surface area contributed by atoms with Crippen molar-refractivity contribution >= 4 is 34.4 Å². The number of aromatic hydroxyl groups is 1. The van der Waals surface area contributed by atoms with Gasteiger partial charge < -0.3 is 19.1 Å². The molecule has 0 spiro atoms. The van der Waals surface area contributed by atoms with Crippen LogP contribution in [0.3, 0.4) is 0 Å². The summed E-state index contributed by atoms with van der Waals surface area (Å²) in [5.74, 6) is -1.56. The summed E-state index contributed by atoms with van der Waals surface area (Å²) < 4.78 is 12.9. The number of nitrogens with zero attached hydrogens (tertiary/aromatic N) is 1. The van der Waals surface area contributed by atoms with Gasteiger partial charge in [0.25, 0.3) is 0 Å². The highest BCUT2D eigenvalue weighted by Crippen LogP contribution is 2.39. The molecule has 6 nitrogen and oxygen atoms in total. The van der Waals surface area contributed by atoms with Crippen molar-refractivity contribution in [2.75, 3.05) is 13.2 Å². The van der Waals surface area contributed by atoms with E-state index >= 15 is 0 Å². The molecule has 0 radical (unpaired) electrons. The molecule has 2 aromatic carbocycles. The number of phenols is 1. The molecule has 0 amide bonds. The van der Waals surface area contributed by atoms with Crippen molar-refractivity contribution in [3.8, 4) is 5.75 Å². The summed E-state index contributed by atoms with van der Waals surface area (Å²) >= 11 is 6.01. The minimum atomic E-state index is -0.862. The normalized spacial score (nSPS) is 12.2. The second kappa shape index (κ2) is 10.3. The highest BCUT2D eigenvalue weighted by molar-refractivity contribution is 6.32. The van der Waals surface area contributed by atoms with Gasteiger partial charge in [-0.2, -0.15) is 0 Å². The molecule has 1 atom stereocenters. The zero-order valence-corrected chi connectivity index (χ0v) is 20.4. The number of rotatable bonds is 8. The molecule has 3 aromatic rings. The Morgan fingerprint density at radius 3 is 2.39 bits per heavy atom. The second-order valence-corrected chi connectivity index (χ2v) is 8.73. The van der Waals surface area contributed by atoms with Crippen LogP contribution in [0, 0.1) is 12.8 Å². The van der Waals surface area contributed by atoms with E-state index in [-0.39, 0.29) is 24.0 Å². The molecule has 3 rings (SSSR count). The number of fused-ring (bicyclic) bond motifs is 1. The van der Waals surface area contributed by atoms with Crippen LogP contribution in [-0.4, -0.2) is 34.8 Å². The Hall–Kier alpha value is -2.99. The first-order valence-corrected chi connectivity index (χ1v) is 11.5. The van der Waals surface area contributed by atoms with Gasteiger partial charge in [-0.3, -0.25) is 4.79 Å². The molecule has 0 saturated carbocycles. The van der Waals surface area contributed by atoms with E-state index in [9.17, 15) is 14.7 Å². The summed E-state index contributed by atoms with van der Waals surface area (Å²) in [5, 5.41) is 11.1. The molecule has 0 saturated heterocycles. The highest BCUT2D eigenvalue weighted by atomic mass is 35.5. The van der Waals surface area contributed by atoms with Crippen molar-refractivity contribution in [1.29, 1.82) is 0 Å². The SMILES string of the molecule is CCOC(=O)c1c(C)n(CC(C)C)c2cccc(C(C(=O)OCC)c3ccc(Cl)c(O)c3)c12. The van der Waals surface area contributed by atoms with E-state index < -0.39 is 17.9 Å². The minimum absolute atomic E-state index is 0.130. The molecule has 1 unspecified atom stereocenters. The van der Waals surface area contributed by atoms with Gasteiger partial charge in [-0.05, 0) is 56.0 Å². The van der Waals surface area contributed by atoms with Crippen molar-refractivity contribution in [1.82, 2.24) is 4.57 Å². The molecular weight excluding hydrogens is 442 g/mol. The summed E-state index contributed by atoms with van der Waals surface area (Å²) in [6, 6.07) is 10.3. The Bertz CT molecular complexity index is 1180. The molecule has 1 heterocycles. The number of hydrogen-bond acceptors (Lipinski definition) is 5. The van der Waals surface area contributed by atoms with E-state index in [4.69, 9.17) is 21.1 Å². The standard InChI is InChI=1S/C26H30ClNO5/c1-6-32-25(30)22-16(5)28(14-15(3)4)20-10-8-9-18(24(20)22)23(26(31)33-7-2)17-11-12-19(27)21(29)13-17/h8-13,15,23,29H,6-7,14H2,1-5H3. The van der Waals surface area contributed by atoms with Gasteiger partial charge in [0.05, 0.1) is 23.8 Å². The third-order valence-corrected chi connectivity index (χ3v) is 5.87. The molecular formula is C26H30ClNO5. The van der Waals surface area contributed by atoms with E-state index in [2.05, 4.69) is 18.4 Å². The zero-order chi connectivity index (χ0) is 24.3. The molecule has 0 aliphatic rings. The Balaban J connectivity index is 2.37. The number of ether oxygens (including phenoxy) is 2. The maximum absolute atomic E-state index is 13.2. The van der Waals surface area contributed by atoms with Gasteiger partial charge in [0.1, 0.15) is 11.7 Å². The lowest BCUT2D eigenvalue weighted by molar-refractivity contribution is -0.143. The van der Waals surface area contributed by atoms with Gasteiger partial charge in [-0.15, -0.1) is 0 Å². The van der Waals surface area contributed by atoms with Gasteiger partial charge in [0, 0.05) is 23.1 Å². The number of carbonyl (C=O) groups is 2. The van der Waals surface area contributed by atoms with Crippen molar-refractivity contribution in [3.63, 3.8) is 0 Å². The van der Waals surface area contributed by atoms with Gasteiger partial charge >= 0.3 is 11.9 Å². The summed E-state index contributed by atoms with van der Waals surface area (Å²) in [5.41, 5.74) is 3.20. The number of aromatic nitrogens is 1. The topological polar surface area (TPSA) is 77.8 Å². The molecule has 0 aliphatic carbocycles. The third-order valence-electron chi connectivity index (χ3n) is 5.55. The monoisotopic (exact) mass is 471 g/mol. The smallest absolute Gasteiger partial charge is 0.340 e. The molecule has 7 heteroatoms. The number of hydrogen-bond donors (Lipinski definition) is 1. The van der Waals surface area contributed by atoms with Crippen molar-refractivity contribution in [3.05, 3.63) is 63.8 Å². The average molecular weight is 472 g/mol. The Kier molecular flexibility index (Phi) is 7.69. The lowest BCUT2D eigenvalue weighted by Gasteiger charge is -2.19. The predicted octanol–water partition coefficient (Wildman–Crippen LogP) is 5.84. The lowest BCUT2D eigenvalue weighted by atomic mass is 9.87. The van der Waals surface area contributed by atoms with Crippen LogP contribution in [0.15, 0.2) is 36.4 Å². The average Bonchev–Trinajstić information content (AvgIpc) is 3.03. The van der Waals surface area contributed by atoms with E-state index in [0.717, 1.165) is 11.2 Å². The molecule has 33 heavy (non-hydrogen) atoms. The lowest BCUT2D eigenvalue weighted by Crippen LogP contribution is -2.18. The first-order valence-electron chi connectivity index (χ1n) is 11.1. The number of phenolic OH excluding ortho intramolecular Hbond substituents is 1. The van der Waals surface area contributed by atoms with Gasteiger partial charge in [-0.25, -0.2) is 4.79 Å². The third kappa shape index (κ3) is 4.86. The van der Waals surface area contributed by atoms with Crippen LogP contribution in [-0.2, 0) is 20.8 Å². The first kappa shape index (κ1) is 24.6. The summed E-state index contributed by atoms with van der Waals surface area (Å²) in [4.78, 5) is 26.3. The second-order valence-electron chi connectivity index (χ2n) is 8.32. The van der Waals surface area contributed by atoms with E-state index in [1.807, 2.05) is 25.1 Å². The molecule has 1 aromatic heterocycles. The van der Waals surface area contributed by atoms with E-state index in [0.29, 0.717) is 34.5 Å². The number of esters is 2. The van der Waals surface area contributed by atoms with Crippen LogP contribution >= 0.6 is 11.6 Å². The summed E-state index contributed by atoms with van der Waals surface area (Å²) in [7, 11) is 0. The Morgan fingerprint density at radius 1 is 1.09 bits per heavy atom.